The molecule has 0 aliphatic heterocycles. The molecule has 0 aliphatic carbocycles. The molecule has 0 aliphatic rings. The van der Waals surface area contributed by atoms with Gasteiger partial charge in [-0.1, -0.05) is 11.6 Å². The van der Waals surface area contributed by atoms with Crippen molar-refractivity contribution < 1.29 is 14.9 Å². The molecule has 1 aromatic rings. The summed E-state index contributed by atoms with van der Waals surface area (Å²) >= 11 is 11.6. The van der Waals surface area contributed by atoms with Crippen LogP contribution in [0.2, 0.25) is 5.02 Å². The van der Waals surface area contributed by atoms with Crippen LogP contribution in [0.25, 0.3) is 0 Å². The van der Waals surface area contributed by atoms with Gasteiger partial charge in [-0.25, -0.2) is 8.78 Å². The number of amides is 1. The van der Waals surface area contributed by atoms with Crippen molar-refractivity contribution in [2.75, 3.05) is 0 Å². The Kier molecular flexibility index (Phi) is 4.78. The molecule has 0 heterocycles. The highest BCUT2D eigenvalue weighted by Gasteiger charge is 2.19. The van der Waals surface area contributed by atoms with E-state index in [2.05, 4.69) is 5.32 Å². The number of rotatable bonds is 4. The van der Waals surface area contributed by atoms with Gasteiger partial charge in [0.2, 0.25) is 0 Å². The Labute approximate surface area is 116 Å². The van der Waals surface area contributed by atoms with Gasteiger partial charge in [0.15, 0.2) is 6.17 Å². The monoisotopic (exact) mass is 296 g/mol. The third-order valence-corrected chi connectivity index (χ3v) is 2.97. The van der Waals surface area contributed by atoms with Gasteiger partial charge in [-0.05, 0) is 37.1 Å². The highest BCUT2D eigenvalue weighted by Crippen LogP contribution is 2.28. The smallest absolute Gasteiger partial charge is 0.254 e. The Morgan fingerprint density at radius 3 is 2.67 bits per heavy atom. The molecule has 1 N–H and O–H groups in total. The molecule has 0 bridgehead atoms. The summed E-state index contributed by atoms with van der Waals surface area (Å²) < 4.78 is 34.3. The summed E-state index contributed by atoms with van der Waals surface area (Å²) in [5, 5.41) is 2.23. The van der Waals surface area contributed by atoms with Crippen molar-refractivity contribution in [1.29, 1.82) is 0 Å². The number of alkyl halides is 2. The van der Waals surface area contributed by atoms with Crippen molar-refractivity contribution in [3.8, 4) is 0 Å². The number of carbonyl (C=O) groups excluding carboxylic acids is 1. The van der Waals surface area contributed by atoms with Crippen LogP contribution in [-0.2, 0) is 10.7 Å². The number of nitrogens with one attached hydrogen (secondary N) is 1. The fourth-order valence-electron chi connectivity index (χ4n) is 1.43. The van der Waals surface area contributed by atoms with Crippen LogP contribution in [-0.4, -0.2) is 12.1 Å². The molecule has 18 heavy (non-hydrogen) atoms. The first-order chi connectivity index (χ1) is 8.69. The van der Waals surface area contributed by atoms with Gasteiger partial charge in [-0.2, -0.15) is 0 Å². The Morgan fingerprint density at radius 1 is 1.56 bits per heavy atom. The van der Waals surface area contributed by atoms with E-state index in [4.69, 9.17) is 24.6 Å². The van der Waals surface area contributed by atoms with Crippen LogP contribution in [0.1, 0.15) is 32.4 Å². The third-order valence-electron chi connectivity index (χ3n) is 2.37. The van der Waals surface area contributed by atoms with Gasteiger partial charge in [0, 0.05) is 10.9 Å². The molecule has 0 radical (unpaired) electrons. The zero-order valence-corrected chi connectivity index (χ0v) is 11.4. The third kappa shape index (κ3) is 3.56. The first kappa shape index (κ1) is 13.6. The Balaban J connectivity index is 3.23. The van der Waals surface area contributed by atoms with Gasteiger partial charge in [-0.15, -0.1) is 11.6 Å². The number of carbonyl (C=O) groups is 1. The summed E-state index contributed by atoms with van der Waals surface area (Å²) in [5.41, 5.74) is 0.426. The van der Waals surface area contributed by atoms with Crippen LogP contribution in [0, 0.1) is 5.82 Å². The van der Waals surface area contributed by atoms with Crippen LogP contribution >= 0.6 is 23.2 Å². The highest BCUT2D eigenvalue weighted by molar-refractivity contribution is 6.32. The lowest BCUT2D eigenvalue weighted by Gasteiger charge is -2.18. The zero-order chi connectivity index (χ0) is 14.8. The van der Waals surface area contributed by atoms with Crippen LogP contribution in [0.4, 0.5) is 8.78 Å². The van der Waals surface area contributed by atoms with E-state index in [1.807, 2.05) is 0 Å². The molecule has 0 fully saturated rings. The van der Waals surface area contributed by atoms with Gasteiger partial charge >= 0.3 is 0 Å². The van der Waals surface area contributed by atoms with Crippen LogP contribution in [0.3, 0.4) is 0 Å². The molecule has 0 aromatic heterocycles. The molecule has 100 valence electrons. The second-order valence-electron chi connectivity index (χ2n) is 3.78. The SMILES string of the molecule is [2H]C(C)(NC(=O)C(C)F)c1cc(F)cc(Cl)c1CCl. The average Bonchev–Trinajstić information content (AvgIpc) is 2.27. The number of halogens is 4. The van der Waals surface area contributed by atoms with E-state index in [-0.39, 0.29) is 16.5 Å². The van der Waals surface area contributed by atoms with E-state index < -0.39 is 23.9 Å². The number of hydrogen-bond donors (Lipinski definition) is 1. The quantitative estimate of drug-likeness (QED) is 0.842. The molecule has 2 nitrogen and oxygen atoms in total. The molecule has 1 amide bonds. The minimum atomic E-state index is -1.77. The Bertz CT molecular complexity index is 495. The molecule has 0 saturated heterocycles. The summed E-state index contributed by atoms with van der Waals surface area (Å²) in [5.74, 6) is -1.67. The van der Waals surface area contributed by atoms with Gasteiger partial charge in [0.05, 0.1) is 7.39 Å². The lowest BCUT2D eigenvalue weighted by molar-refractivity contribution is -0.126. The van der Waals surface area contributed by atoms with Gasteiger partial charge in [0.25, 0.3) is 5.91 Å². The van der Waals surface area contributed by atoms with E-state index >= 15 is 0 Å². The summed E-state index contributed by atoms with van der Waals surface area (Å²) in [6, 6.07) is 0.394. The molecule has 2 unspecified atom stereocenters. The number of hydrogen-bond acceptors (Lipinski definition) is 1. The first-order valence-corrected chi connectivity index (χ1v) is 6.10. The topological polar surface area (TPSA) is 29.1 Å². The first-order valence-electron chi connectivity index (χ1n) is 5.69. The fourth-order valence-corrected chi connectivity index (χ4v) is 2.05. The van der Waals surface area contributed by atoms with Crippen molar-refractivity contribution in [3.63, 3.8) is 0 Å². The molecule has 1 aromatic carbocycles. The largest absolute Gasteiger partial charge is 0.347 e. The molecule has 2 atom stereocenters. The van der Waals surface area contributed by atoms with E-state index in [1.165, 1.54) is 6.92 Å². The maximum absolute atomic E-state index is 13.4. The van der Waals surface area contributed by atoms with Crippen molar-refractivity contribution in [1.82, 2.24) is 5.32 Å². The Hall–Kier alpha value is -0.870. The van der Waals surface area contributed by atoms with Crippen molar-refractivity contribution in [2.45, 2.75) is 31.9 Å². The van der Waals surface area contributed by atoms with Crippen LogP contribution in [0.15, 0.2) is 12.1 Å². The maximum Gasteiger partial charge on any atom is 0.254 e. The van der Waals surface area contributed by atoms with Gasteiger partial charge < -0.3 is 5.32 Å². The van der Waals surface area contributed by atoms with Crippen molar-refractivity contribution in [3.05, 3.63) is 34.1 Å². The normalized spacial score (nSPS) is 16.7. The fraction of sp³-hybridized carbons (Fsp3) is 0.417. The maximum atomic E-state index is 13.4. The molecule has 0 spiro atoms. The number of benzene rings is 1. The van der Waals surface area contributed by atoms with Gasteiger partial charge in [0.1, 0.15) is 5.82 Å². The minimum Gasteiger partial charge on any atom is -0.347 e. The second-order valence-corrected chi connectivity index (χ2v) is 4.45. The van der Waals surface area contributed by atoms with Crippen LogP contribution in [0.5, 0.6) is 0 Å². The molecular weight excluding hydrogens is 283 g/mol. The van der Waals surface area contributed by atoms with E-state index in [1.54, 1.807) is 0 Å². The lowest BCUT2D eigenvalue weighted by atomic mass is 10.0. The van der Waals surface area contributed by atoms with E-state index in [9.17, 15) is 13.6 Å². The Morgan fingerprint density at radius 2 is 2.17 bits per heavy atom. The summed E-state index contributed by atoms with van der Waals surface area (Å²) in [7, 11) is 0. The molecule has 0 saturated carbocycles. The average molecular weight is 297 g/mol. The van der Waals surface area contributed by atoms with Crippen molar-refractivity contribution >= 4 is 29.1 Å². The predicted octanol–water partition coefficient (Wildman–Crippen LogP) is 3.75. The predicted molar refractivity (Wildman–Crippen MR) is 68.1 cm³/mol. The standard InChI is InChI=1S/C12H13Cl2F2NO/c1-6(15)12(18)17-7(2)9-3-8(16)4-11(14)10(9)5-13/h3-4,6-7H,5H2,1-2H3,(H,17,18)/i7D. The van der Waals surface area contributed by atoms with Crippen LogP contribution < -0.4 is 5.32 Å². The van der Waals surface area contributed by atoms with Crippen molar-refractivity contribution in [2.24, 2.45) is 0 Å². The van der Waals surface area contributed by atoms with E-state index in [0.29, 0.717) is 5.56 Å². The molecule has 1 rings (SSSR count). The second kappa shape index (κ2) is 6.34. The zero-order valence-electron chi connectivity index (χ0n) is 10.9. The highest BCUT2D eigenvalue weighted by atomic mass is 35.5. The summed E-state index contributed by atoms with van der Waals surface area (Å²) in [6.45, 7) is 2.35. The molecular formula is C12H13Cl2F2NO. The summed E-state index contributed by atoms with van der Waals surface area (Å²) in [6.07, 6.45) is -1.77. The van der Waals surface area contributed by atoms with E-state index in [0.717, 1.165) is 19.1 Å². The van der Waals surface area contributed by atoms with Gasteiger partial charge in [-0.3, -0.25) is 4.79 Å². The lowest BCUT2D eigenvalue weighted by Crippen LogP contribution is -2.32. The molecule has 6 heteroatoms. The summed E-state index contributed by atoms with van der Waals surface area (Å²) in [4.78, 5) is 11.3. The minimum absolute atomic E-state index is 0.0516.